The molecular formula is C8H14N2O2S. The molecule has 2 rings (SSSR count). The fraction of sp³-hybridized carbons (Fsp3) is 0.875. The molecule has 1 atom stereocenters. The Morgan fingerprint density at radius 2 is 2.54 bits per heavy atom. The fourth-order valence-electron chi connectivity index (χ4n) is 1.30. The number of thioether (sulfide) groups is 1. The first-order valence-corrected chi connectivity index (χ1v) is 5.54. The number of aliphatic imine (C=N–C) groups is 1. The van der Waals surface area contributed by atoms with Gasteiger partial charge in [0.1, 0.15) is 0 Å². The predicted molar refractivity (Wildman–Crippen MR) is 53.3 cm³/mol. The van der Waals surface area contributed by atoms with Gasteiger partial charge >= 0.3 is 0 Å². The highest BCUT2D eigenvalue weighted by Gasteiger charge is 2.15. The Labute approximate surface area is 82.1 Å². The van der Waals surface area contributed by atoms with Crippen LogP contribution in [0.3, 0.4) is 0 Å². The number of hydrogen-bond donors (Lipinski definition) is 1. The molecule has 13 heavy (non-hydrogen) atoms. The van der Waals surface area contributed by atoms with Crippen LogP contribution in [-0.4, -0.2) is 49.9 Å². The Balaban J connectivity index is 1.66. The molecule has 74 valence electrons. The monoisotopic (exact) mass is 202 g/mol. The lowest BCUT2D eigenvalue weighted by Crippen LogP contribution is -2.38. The van der Waals surface area contributed by atoms with Crippen LogP contribution in [0, 0.1) is 0 Å². The van der Waals surface area contributed by atoms with Gasteiger partial charge in [-0.15, -0.1) is 0 Å². The molecule has 0 bridgehead atoms. The first-order chi connectivity index (χ1) is 6.45. The molecule has 5 heteroatoms. The zero-order valence-corrected chi connectivity index (χ0v) is 8.31. The standard InChI is InChI=1S/C8H14N2O2S/c1-4-13-8(9-1)10-5-7-6-11-2-3-12-7/h7H,1-6H2,(H,9,10). The topological polar surface area (TPSA) is 42.8 Å². The summed E-state index contributed by atoms with van der Waals surface area (Å²) in [5.41, 5.74) is 0. The minimum Gasteiger partial charge on any atom is -0.376 e. The van der Waals surface area contributed by atoms with Gasteiger partial charge in [0.15, 0.2) is 5.17 Å². The Morgan fingerprint density at radius 1 is 1.54 bits per heavy atom. The molecule has 2 aliphatic heterocycles. The SMILES string of the molecule is C1CSC(NCC2COCCO2)=N1. The average Bonchev–Trinajstić information content (AvgIpc) is 2.69. The van der Waals surface area contributed by atoms with E-state index in [0.29, 0.717) is 13.2 Å². The summed E-state index contributed by atoms with van der Waals surface area (Å²) >= 11 is 1.77. The third-order valence-electron chi connectivity index (χ3n) is 1.95. The number of nitrogens with zero attached hydrogens (tertiary/aromatic N) is 1. The van der Waals surface area contributed by atoms with E-state index in [1.165, 1.54) is 0 Å². The van der Waals surface area contributed by atoms with E-state index in [2.05, 4.69) is 10.3 Å². The Morgan fingerprint density at radius 3 is 3.23 bits per heavy atom. The van der Waals surface area contributed by atoms with E-state index in [1.54, 1.807) is 11.8 Å². The molecule has 1 N–H and O–H groups in total. The third kappa shape index (κ3) is 2.86. The van der Waals surface area contributed by atoms with Crippen molar-refractivity contribution in [2.24, 2.45) is 4.99 Å². The smallest absolute Gasteiger partial charge is 0.156 e. The molecule has 1 unspecified atom stereocenters. The number of amidine groups is 1. The maximum absolute atomic E-state index is 5.49. The van der Waals surface area contributed by atoms with Crippen molar-refractivity contribution in [3.63, 3.8) is 0 Å². The van der Waals surface area contributed by atoms with E-state index in [4.69, 9.17) is 9.47 Å². The molecular weight excluding hydrogens is 188 g/mol. The molecule has 2 aliphatic rings. The molecule has 0 aromatic rings. The molecule has 1 saturated heterocycles. The maximum Gasteiger partial charge on any atom is 0.156 e. The van der Waals surface area contributed by atoms with E-state index in [0.717, 1.165) is 30.6 Å². The molecule has 4 nitrogen and oxygen atoms in total. The van der Waals surface area contributed by atoms with Crippen LogP contribution < -0.4 is 5.32 Å². The van der Waals surface area contributed by atoms with Crippen molar-refractivity contribution in [2.45, 2.75) is 6.10 Å². The zero-order chi connectivity index (χ0) is 8.93. The lowest BCUT2D eigenvalue weighted by Gasteiger charge is -2.23. The lowest BCUT2D eigenvalue weighted by molar-refractivity contribution is -0.0849. The lowest BCUT2D eigenvalue weighted by atomic mass is 10.3. The van der Waals surface area contributed by atoms with Crippen LogP contribution in [0.2, 0.25) is 0 Å². The molecule has 0 spiro atoms. The van der Waals surface area contributed by atoms with Crippen molar-refractivity contribution in [2.75, 3.05) is 38.7 Å². The summed E-state index contributed by atoms with van der Waals surface area (Å²) in [5, 5.41) is 4.31. The second-order valence-electron chi connectivity index (χ2n) is 2.98. The van der Waals surface area contributed by atoms with Crippen molar-refractivity contribution < 1.29 is 9.47 Å². The van der Waals surface area contributed by atoms with Gasteiger partial charge < -0.3 is 14.8 Å². The molecule has 0 amide bonds. The van der Waals surface area contributed by atoms with Crippen molar-refractivity contribution in [1.82, 2.24) is 5.32 Å². The highest BCUT2D eigenvalue weighted by molar-refractivity contribution is 8.14. The van der Waals surface area contributed by atoms with Gasteiger partial charge in [-0.25, -0.2) is 0 Å². The first-order valence-electron chi connectivity index (χ1n) is 4.55. The quantitative estimate of drug-likeness (QED) is 0.689. The Kier molecular flexibility index (Phi) is 3.46. The molecule has 0 aromatic heterocycles. The fourth-order valence-corrected chi connectivity index (χ4v) is 2.04. The van der Waals surface area contributed by atoms with Crippen LogP contribution in [0.4, 0.5) is 0 Å². The van der Waals surface area contributed by atoms with Crippen LogP contribution in [0.25, 0.3) is 0 Å². The van der Waals surface area contributed by atoms with E-state index in [-0.39, 0.29) is 6.10 Å². The number of nitrogens with one attached hydrogen (secondary N) is 1. The Hall–Kier alpha value is -0.260. The van der Waals surface area contributed by atoms with Crippen molar-refractivity contribution in [3.05, 3.63) is 0 Å². The van der Waals surface area contributed by atoms with Crippen LogP contribution >= 0.6 is 11.8 Å². The second-order valence-corrected chi connectivity index (χ2v) is 4.07. The Bertz CT molecular complexity index is 193. The van der Waals surface area contributed by atoms with Crippen molar-refractivity contribution in [3.8, 4) is 0 Å². The van der Waals surface area contributed by atoms with Crippen LogP contribution in [0.5, 0.6) is 0 Å². The molecule has 0 saturated carbocycles. The van der Waals surface area contributed by atoms with Gasteiger partial charge in [-0.1, -0.05) is 11.8 Å². The van der Waals surface area contributed by atoms with E-state index >= 15 is 0 Å². The molecule has 0 radical (unpaired) electrons. The normalized spacial score (nSPS) is 28.6. The molecule has 2 heterocycles. The first kappa shape index (κ1) is 9.30. The highest BCUT2D eigenvalue weighted by Crippen LogP contribution is 2.09. The summed E-state index contributed by atoms with van der Waals surface area (Å²) in [7, 11) is 0. The van der Waals surface area contributed by atoms with Crippen LogP contribution in [0.1, 0.15) is 0 Å². The predicted octanol–water partition coefficient (Wildman–Crippen LogP) is 0.0942. The molecule has 0 aromatic carbocycles. The number of ether oxygens (including phenoxy) is 2. The maximum atomic E-state index is 5.49. The van der Waals surface area contributed by atoms with Gasteiger partial charge in [0.25, 0.3) is 0 Å². The van der Waals surface area contributed by atoms with Crippen molar-refractivity contribution in [1.29, 1.82) is 0 Å². The summed E-state index contributed by atoms with van der Waals surface area (Å²) in [4.78, 5) is 4.29. The van der Waals surface area contributed by atoms with Gasteiger partial charge in [0, 0.05) is 12.3 Å². The molecule has 0 aliphatic carbocycles. The van der Waals surface area contributed by atoms with Crippen LogP contribution in [0.15, 0.2) is 4.99 Å². The van der Waals surface area contributed by atoms with E-state index < -0.39 is 0 Å². The van der Waals surface area contributed by atoms with Gasteiger partial charge in [-0.05, 0) is 0 Å². The van der Waals surface area contributed by atoms with Gasteiger partial charge in [0.2, 0.25) is 0 Å². The van der Waals surface area contributed by atoms with Gasteiger partial charge in [-0.2, -0.15) is 0 Å². The summed E-state index contributed by atoms with van der Waals surface area (Å²) in [5.74, 6) is 1.10. The highest BCUT2D eigenvalue weighted by atomic mass is 32.2. The summed E-state index contributed by atoms with van der Waals surface area (Å²) < 4.78 is 10.8. The van der Waals surface area contributed by atoms with E-state index in [1.807, 2.05) is 0 Å². The van der Waals surface area contributed by atoms with Crippen LogP contribution in [-0.2, 0) is 9.47 Å². The largest absolute Gasteiger partial charge is 0.376 e. The average molecular weight is 202 g/mol. The third-order valence-corrected chi connectivity index (χ3v) is 2.88. The molecule has 1 fully saturated rings. The van der Waals surface area contributed by atoms with Gasteiger partial charge in [-0.3, -0.25) is 4.99 Å². The van der Waals surface area contributed by atoms with E-state index in [9.17, 15) is 0 Å². The minimum absolute atomic E-state index is 0.192. The van der Waals surface area contributed by atoms with Gasteiger partial charge in [0.05, 0.1) is 32.5 Å². The van der Waals surface area contributed by atoms with Crippen molar-refractivity contribution >= 4 is 16.9 Å². The zero-order valence-electron chi connectivity index (χ0n) is 7.49. The minimum atomic E-state index is 0.192. The summed E-state index contributed by atoms with van der Waals surface area (Å²) in [6.45, 7) is 3.89. The summed E-state index contributed by atoms with van der Waals surface area (Å²) in [6.07, 6.45) is 0.192. The number of rotatable bonds is 2. The summed E-state index contributed by atoms with van der Waals surface area (Å²) in [6, 6.07) is 0. The second kappa shape index (κ2) is 4.83. The number of hydrogen-bond acceptors (Lipinski definition) is 5.